The minimum absolute atomic E-state index is 0.232. The zero-order chi connectivity index (χ0) is 22.8. The average molecular weight is 452 g/mol. The number of aryl methyl sites for hydroxylation is 1. The molecule has 2 atom stereocenters. The summed E-state index contributed by atoms with van der Waals surface area (Å²) in [6.45, 7) is 5.56. The highest BCUT2D eigenvalue weighted by atomic mass is 32.1. The van der Waals surface area contributed by atoms with Gasteiger partial charge in [0, 0.05) is 16.6 Å². The van der Waals surface area contributed by atoms with Crippen molar-refractivity contribution in [3.8, 4) is 22.8 Å². The summed E-state index contributed by atoms with van der Waals surface area (Å²) in [7, 11) is 1.59. The molecule has 1 N–H and O–H groups in total. The van der Waals surface area contributed by atoms with Crippen LogP contribution in [0.2, 0.25) is 0 Å². The standard InChI is InChI=1S/C24H25N3O4S/c1-5-21-24(29)27(14(2)23(28)26-17-7-9-18(30-4)10-8-17)20-12-16(6-11-22(20)31-21)19-13-32-15(3)25-19/h6-14,21H,5H2,1-4H3,(H,26,28). The van der Waals surface area contributed by atoms with Crippen molar-refractivity contribution in [1.29, 1.82) is 0 Å². The van der Waals surface area contributed by atoms with Crippen LogP contribution in [0.1, 0.15) is 25.3 Å². The molecule has 0 bridgehead atoms. The summed E-state index contributed by atoms with van der Waals surface area (Å²) in [6.07, 6.45) is -0.125. The van der Waals surface area contributed by atoms with Gasteiger partial charge >= 0.3 is 0 Å². The van der Waals surface area contributed by atoms with Crippen LogP contribution in [0.3, 0.4) is 0 Å². The lowest BCUT2D eigenvalue weighted by Crippen LogP contribution is -2.53. The van der Waals surface area contributed by atoms with Gasteiger partial charge in [-0.05, 0) is 62.7 Å². The van der Waals surface area contributed by atoms with Crippen LogP contribution in [-0.4, -0.2) is 36.1 Å². The third-order valence-electron chi connectivity index (χ3n) is 5.41. The van der Waals surface area contributed by atoms with Crippen molar-refractivity contribution in [3.63, 3.8) is 0 Å². The molecular formula is C24H25N3O4S. The van der Waals surface area contributed by atoms with Crippen LogP contribution in [0.5, 0.6) is 11.5 Å². The number of anilines is 2. The van der Waals surface area contributed by atoms with Gasteiger partial charge in [0.25, 0.3) is 5.91 Å². The number of carbonyl (C=O) groups is 2. The molecule has 0 saturated carbocycles. The zero-order valence-electron chi connectivity index (χ0n) is 18.4. The normalized spacial score (nSPS) is 16.2. The monoisotopic (exact) mass is 451 g/mol. The van der Waals surface area contributed by atoms with Gasteiger partial charge in [0.2, 0.25) is 5.91 Å². The molecule has 2 unspecified atom stereocenters. The van der Waals surface area contributed by atoms with Crippen molar-refractivity contribution in [2.45, 2.75) is 39.3 Å². The molecule has 8 heteroatoms. The molecule has 32 heavy (non-hydrogen) atoms. The second-order valence-corrected chi connectivity index (χ2v) is 8.61. The Hall–Kier alpha value is -3.39. The third kappa shape index (κ3) is 4.18. The highest BCUT2D eigenvalue weighted by Crippen LogP contribution is 2.39. The molecule has 166 valence electrons. The first kappa shape index (κ1) is 21.8. The summed E-state index contributed by atoms with van der Waals surface area (Å²) in [4.78, 5) is 32.4. The molecule has 1 aliphatic rings. The van der Waals surface area contributed by atoms with E-state index in [0.717, 1.165) is 16.3 Å². The smallest absolute Gasteiger partial charge is 0.268 e. The fourth-order valence-corrected chi connectivity index (χ4v) is 4.26. The van der Waals surface area contributed by atoms with Crippen LogP contribution in [-0.2, 0) is 9.59 Å². The van der Waals surface area contributed by atoms with E-state index < -0.39 is 12.1 Å². The van der Waals surface area contributed by atoms with E-state index in [4.69, 9.17) is 9.47 Å². The number of amides is 2. The molecule has 0 aliphatic carbocycles. The number of hydrogen-bond acceptors (Lipinski definition) is 6. The molecule has 2 aromatic carbocycles. The van der Waals surface area contributed by atoms with Gasteiger partial charge in [0.05, 0.1) is 23.5 Å². The van der Waals surface area contributed by atoms with Crippen LogP contribution in [0, 0.1) is 6.92 Å². The van der Waals surface area contributed by atoms with E-state index in [1.54, 1.807) is 49.6 Å². The quantitative estimate of drug-likeness (QED) is 0.590. The maximum absolute atomic E-state index is 13.2. The van der Waals surface area contributed by atoms with Crippen LogP contribution >= 0.6 is 11.3 Å². The van der Waals surface area contributed by atoms with Gasteiger partial charge in [0.1, 0.15) is 17.5 Å². The summed E-state index contributed by atoms with van der Waals surface area (Å²) in [5.41, 5.74) is 2.89. The number of thiazole rings is 1. The Kier molecular flexibility index (Phi) is 6.14. The highest BCUT2D eigenvalue weighted by Gasteiger charge is 2.38. The maximum Gasteiger partial charge on any atom is 0.268 e. The Bertz CT molecular complexity index is 1140. The molecule has 3 aromatic rings. The molecule has 0 spiro atoms. The predicted octanol–water partition coefficient (Wildman–Crippen LogP) is 4.66. The molecule has 2 heterocycles. The van der Waals surface area contributed by atoms with Gasteiger partial charge in [-0.1, -0.05) is 6.92 Å². The Balaban J connectivity index is 1.66. The molecule has 0 fully saturated rings. The molecule has 7 nitrogen and oxygen atoms in total. The molecule has 4 rings (SSSR count). The number of benzene rings is 2. The van der Waals surface area contributed by atoms with E-state index in [0.29, 0.717) is 29.3 Å². The number of methoxy groups -OCH3 is 1. The number of carbonyl (C=O) groups excluding carboxylic acids is 2. The van der Waals surface area contributed by atoms with E-state index in [9.17, 15) is 9.59 Å². The maximum atomic E-state index is 13.2. The number of ether oxygens (including phenoxy) is 2. The summed E-state index contributed by atoms with van der Waals surface area (Å²) in [5, 5.41) is 5.82. The van der Waals surface area contributed by atoms with Crippen molar-refractivity contribution in [3.05, 3.63) is 52.9 Å². The molecule has 1 aromatic heterocycles. The summed E-state index contributed by atoms with van der Waals surface area (Å²) in [6, 6.07) is 12.0. The van der Waals surface area contributed by atoms with Gasteiger partial charge in [0.15, 0.2) is 6.10 Å². The highest BCUT2D eigenvalue weighted by molar-refractivity contribution is 7.09. The number of aromatic nitrogens is 1. The van der Waals surface area contributed by atoms with Gasteiger partial charge in [-0.15, -0.1) is 11.3 Å². The molecular weight excluding hydrogens is 426 g/mol. The van der Waals surface area contributed by atoms with Crippen molar-refractivity contribution in [2.75, 3.05) is 17.3 Å². The Morgan fingerprint density at radius 3 is 2.66 bits per heavy atom. The predicted molar refractivity (Wildman–Crippen MR) is 126 cm³/mol. The molecule has 2 amide bonds. The molecule has 0 radical (unpaired) electrons. The fraction of sp³-hybridized carbons (Fsp3) is 0.292. The average Bonchev–Trinajstić information content (AvgIpc) is 3.24. The van der Waals surface area contributed by atoms with Crippen molar-refractivity contribution in [2.24, 2.45) is 0 Å². The fourth-order valence-electron chi connectivity index (χ4n) is 3.63. The summed E-state index contributed by atoms with van der Waals surface area (Å²) >= 11 is 1.56. The second kappa shape index (κ2) is 9.00. The number of nitrogens with one attached hydrogen (secondary N) is 1. The minimum Gasteiger partial charge on any atom is -0.497 e. The van der Waals surface area contributed by atoms with Gasteiger partial charge < -0.3 is 14.8 Å². The first-order chi connectivity index (χ1) is 15.4. The van der Waals surface area contributed by atoms with E-state index >= 15 is 0 Å². The first-order valence-corrected chi connectivity index (χ1v) is 11.3. The topological polar surface area (TPSA) is 80.8 Å². The van der Waals surface area contributed by atoms with Crippen LogP contribution in [0.4, 0.5) is 11.4 Å². The van der Waals surface area contributed by atoms with Crippen LogP contribution < -0.4 is 19.7 Å². The Labute approximate surface area is 191 Å². The third-order valence-corrected chi connectivity index (χ3v) is 6.18. The molecule has 0 saturated heterocycles. The van der Waals surface area contributed by atoms with Crippen molar-refractivity contribution >= 4 is 34.5 Å². The minimum atomic E-state index is -0.742. The lowest BCUT2D eigenvalue weighted by molar-refractivity contribution is -0.129. The van der Waals surface area contributed by atoms with E-state index in [2.05, 4.69) is 10.3 Å². The van der Waals surface area contributed by atoms with Crippen molar-refractivity contribution < 1.29 is 19.1 Å². The number of hydrogen-bond donors (Lipinski definition) is 1. The van der Waals surface area contributed by atoms with E-state index in [1.807, 2.05) is 37.4 Å². The van der Waals surface area contributed by atoms with Gasteiger partial charge in [-0.2, -0.15) is 0 Å². The Morgan fingerprint density at radius 1 is 1.28 bits per heavy atom. The van der Waals surface area contributed by atoms with E-state index in [-0.39, 0.29) is 11.8 Å². The lowest BCUT2D eigenvalue weighted by atomic mass is 10.0. The lowest BCUT2D eigenvalue weighted by Gasteiger charge is -2.37. The second-order valence-electron chi connectivity index (χ2n) is 7.55. The largest absolute Gasteiger partial charge is 0.497 e. The number of fused-ring (bicyclic) bond motifs is 1. The number of nitrogens with zero attached hydrogens (tertiary/aromatic N) is 2. The number of rotatable bonds is 6. The summed E-state index contributed by atoms with van der Waals surface area (Å²) in [5.74, 6) is 0.755. The molecule has 1 aliphatic heterocycles. The van der Waals surface area contributed by atoms with E-state index in [1.165, 1.54) is 4.90 Å². The Morgan fingerprint density at radius 2 is 2.03 bits per heavy atom. The summed E-state index contributed by atoms with van der Waals surface area (Å²) < 4.78 is 11.1. The van der Waals surface area contributed by atoms with Crippen LogP contribution in [0.15, 0.2) is 47.8 Å². The van der Waals surface area contributed by atoms with Gasteiger partial charge in [-0.25, -0.2) is 4.98 Å². The van der Waals surface area contributed by atoms with Gasteiger partial charge in [-0.3, -0.25) is 14.5 Å². The van der Waals surface area contributed by atoms with Crippen molar-refractivity contribution in [1.82, 2.24) is 4.98 Å². The zero-order valence-corrected chi connectivity index (χ0v) is 19.2. The van der Waals surface area contributed by atoms with Crippen LogP contribution in [0.25, 0.3) is 11.3 Å². The first-order valence-electron chi connectivity index (χ1n) is 10.4. The SMILES string of the molecule is CCC1Oc2ccc(-c3csc(C)n3)cc2N(C(C)C(=O)Nc2ccc(OC)cc2)C1=O.